The zero-order valence-electron chi connectivity index (χ0n) is 13.3. The number of hydrogen-bond donors (Lipinski definition) is 1. The third-order valence-corrected chi connectivity index (χ3v) is 4.99. The summed E-state index contributed by atoms with van der Waals surface area (Å²) >= 11 is 1.54. The summed E-state index contributed by atoms with van der Waals surface area (Å²) in [5.74, 6) is 0.0511. The number of hydrogen-bond acceptors (Lipinski definition) is 5. The van der Waals surface area contributed by atoms with Crippen LogP contribution in [0, 0.1) is 0 Å². The zero-order valence-corrected chi connectivity index (χ0v) is 14.1. The number of likely N-dealkylation sites (tertiary alicyclic amines) is 1. The lowest BCUT2D eigenvalue weighted by atomic mass is 10.0. The van der Waals surface area contributed by atoms with Gasteiger partial charge in [-0.1, -0.05) is 6.42 Å². The van der Waals surface area contributed by atoms with Crippen molar-refractivity contribution in [2.45, 2.75) is 45.7 Å². The molecule has 1 fully saturated rings. The minimum absolute atomic E-state index is 0.0511. The van der Waals surface area contributed by atoms with E-state index in [0.29, 0.717) is 12.6 Å². The van der Waals surface area contributed by atoms with Crippen LogP contribution in [0.4, 0.5) is 5.13 Å². The molecule has 2 rings (SSSR count). The van der Waals surface area contributed by atoms with Crippen LogP contribution in [0.2, 0.25) is 0 Å². The summed E-state index contributed by atoms with van der Waals surface area (Å²) in [7, 11) is 2.21. The van der Waals surface area contributed by atoms with Crippen LogP contribution >= 0.6 is 11.3 Å². The van der Waals surface area contributed by atoms with E-state index in [-0.39, 0.29) is 5.91 Å². The number of aromatic nitrogens is 1. The van der Waals surface area contributed by atoms with Crippen molar-refractivity contribution in [2.24, 2.45) is 0 Å². The maximum atomic E-state index is 11.5. The molecule has 1 atom stereocenters. The van der Waals surface area contributed by atoms with Crippen molar-refractivity contribution in [1.29, 1.82) is 0 Å². The summed E-state index contributed by atoms with van der Waals surface area (Å²) in [5, 5.41) is 6.34. The summed E-state index contributed by atoms with van der Waals surface area (Å²) in [6.07, 6.45) is 3.93. The van der Waals surface area contributed by atoms with Crippen LogP contribution in [-0.2, 0) is 11.3 Å². The lowest BCUT2D eigenvalue weighted by molar-refractivity contribution is -0.116. The smallest absolute Gasteiger partial charge is 0.225 e. The standard InChI is InChI=1S/C15H26N4OS/c1-4-19(12(2)20)15-17-13(11-21-15)9-16-10-14-7-5-6-8-18(14)3/h11,14,16H,4-10H2,1-3H3. The van der Waals surface area contributed by atoms with Gasteiger partial charge in [-0.25, -0.2) is 4.98 Å². The summed E-state index contributed by atoms with van der Waals surface area (Å²) in [4.78, 5) is 20.2. The van der Waals surface area contributed by atoms with Crippen molar-refractivity contribution in [3.8, 4) is 0 Å². The molecule has 0 aliphatic carbocycles. The Labute approximate surface area is 131 Å². The Morgan fingerprint density at radius 2 is 2.38 bits per heavy atom. The SMILES string of the molecule is CCN(C(C)=O)c1nc(CNCC2CCCCN2C)cs1. The van der Waals surface area contributed by atoms with Crippen LogP contribution in [0.3, 0.4) is 0 Å². The molecule has 1 amide bonds. The second kappa shape index (κ2) is 7.87. The Bertz CT molecular complexity index is 462. The number of rotatable bonds is 6. The molecule has 1 N–H and O–H groups in total. The maximum absolute atomic E-state index is 11.5. The fourth-order valence-corrected chi connectivity index (χ4v) is 3.70. The van der Waals surface area contributed by atoms with Gasteiger partial charge in [0.15, 0.2) is 5.13 Å². The van der Waals surface area contributed by atoms with Crippen molar-refractivity contribution < 1.29 is 4.79 Å². The normalized spacial score (nSPS) is 19.7. The van der Waals surface area contributed by atoms with Crippen molar-refractivity contribution >= 4 is 22.4 Å². The van der Waals surface area contributed by atoms with Crippen molar-refractivity contribution in [3.05, 3.63) is 11.1 Å². The second-order valence-corrected chi connectivity index (χ2v) is 6.48. The molecule has 5 nitrogen and oxygen atoms in total. The Kier molecular flexibility index (Phi) is 6.14. The zero-order chi connectivity index (χ0) is 15.2. The highest BCUT2D eigenvalue weighted by molar-refractivity contribution is 7.14. The molecule has 1 unspecified atom stereocenters. The monoisotopic (exact) mass is 310 g/mol. The van der Waals surface area contributed by atoms with Gasteiger partial charge in [-0.05, 0) is 33.4 Å². The summed E-state index contributed by atoms with van der Waals surface area (Å²) in [5.41, 5.74) is 1.02. The van der Waals surface area contributed by atoms with E-state index in [0.717, 1.165) is 23.9 Å². The van der Waals surface area contributed by atoms with E-state index in [9.17, 15) is 4.79 Å². The largest absolute Gasteiger partial charge is 0.310 e. The minimum Gasteiger partial charge on any atom is -0.310 e. The molecule has 1 saturated heterocycles. The van der Waals surface area contributed by atoms with Gasteiger partial charge in [-0.15, -0.1) is 11.3 Å². The van der Waals surface area contributed by atoms with Crippen LogP contribution in [0.25, 0.3) is 0 Å². The van der Waals surface area contributed by atoms with E-state index >= 15 is 0 Å². The molecule has 0 bridgehead atoms. The van der Waals surface area contributed by atoms with Gasteiger partial charge in [0.05, 0.1) is 5.69 Å². The van der Waals surface area contributed by atoms with E-state index in [2.05, 4.69) is 22.2 Å². The number of likely N-dealkylation sites (N-methyl/N-ethyl adjacent to an activating group) is 1. The average Bonchev–Trinajstić information content (AvgIpc) is 2.90. The van der Waals surface area contributed by atoms with E-state index in [1.807, 2.05) is 12.3 Å². The predicted octanol–water partition coefficient (Wildman–Crippen LogP) is 2.09. The van der Waals surface area contributed by atoms with E-state index in [1.165, 1.54) is 25.8 Å². The Morgan fingerprint density at radius 1 is 1.57 bits per heavy atom. The number of nitrogens with zero attached hydrogens (tertiary/aromatic N) is 3. The van der Waals surface area contributed by atoms with E-state index < -0.39 is 0 Å². The lowest BCUT2D eigenvalue weighted by Gasteiger charge is -2.32. The third kappa shape index (κ3) is 4.49. The Hall–Kier alpha value is -0.980. The van der Waals surface area contributed by atoms with Gasteiger partial charge in [-0.3, -0.25) is 9.69 Å². The fraction of sp³-hybridized carbons (Fsp3) is 0.733. The molecule has 0 saturated carbocycles. The summed E-state index contributed by atoms with van der Waals surface area (Å²) in [6, 6.07) is 0.640. The maximum Gasteiger partial charge on any atom is 0.225 e. The van der Waals surface area contributed by atoms with Gasteiger partial charge < -0.3 is 10.2 Å². The molecule has 1 aromatic heterocycles. The van der Waals surface area contributed by atoms with Crippen LogP contribution < -0.4 is 10.2 Å². The fourth-order valence-electron chi connectivity index (χ4n) is 2.76. The quantitative estimate of drug-likeness (QED) is 0.874. The second-order valence-electron chi connectivity index (χ2n) is 5.65. The highest BCUT2D eigenvalue weighted by Crippen LogP contribution is 2.20. The van der Waals surface area contributed by atoms with E-state index in [1.54, 1.807) is 23.2 Å². The number of carbonyl (C=O) groups excluding carboxylic acids is 1. The van der Waals surface area contributed by atoms with Crippen molar-refractivity contribution in [1.82, 2.24) is 15.2 Å². The molecule has 6 heteroatoms. The van der Waals surface area contributed by atoms with Gasteiger partial charge in [-0.2, -0.15) is 0 Å². The molecule has 2 heterocycles. The molecule has 0 radical (unpaired) electrons. The van der Waals surface area contributed by atoms with Gasteiger partial charge in [0.25, 0.3) is 0 Å². The number of anilines is 1. The highest BCUT2D eigenvalue weighted by Gasteiger charge is 2.18. The molecule has 1 aliphatic heterocycles. The molecular weight excluding hydrogens is 284 g/mol. The third-order valence-electron chi connectivity index (χ3n) is 4.07. The first-order valence-corrected chi connectivity index (χ1v) is 8.63. The first kappa shape index (κ1) is 16.4. The molecule has 1 aliphatic rings. The van der Waals surface area contributed by atoms with Gasteiger partial charge in [0, 0.05) is 38.0 Å². The van der Waals surface area contributed by atoms with Crippen molar-refractivity contribution in [2.75, 3.05) is 31.6 Å². The van der Waals surface area contributed by atoms with Gasteiger partial charge in [0.1, 0.15) is 0 Å². The molecule has 118 valence electrons. The van der Waals surface area contributed by atoms with Gasteiger partial charge in [0.2, 0.25) is 5.91 Å². The van der Waals surface area contributed by atoms with Crippen LogP contribution in [0.5, 0.6) is 0 Å². The van der Waals surface area contributed by atoms with Crippen LogP contribution in [0.1, 0.15) is 38.8 Å². The van der Waals surface area contributed by atoms with E-state index in [4.69, 9.17) is 0 Å². The lowest BCUT2D eigenvalue weighted by Crippen LogP contribution is -2.42. The first-order valence-electron chi connectivity index (χ1n) is 7.75. The topological polar surface area (TPSA) is 48.5 Å². The first-order chi connectivity index (χ1) is 10.1. The van der Waals surface area contributed by atoms with Gasteiger partial charge >= 0.3 is 0 Å². The minimum atomic E-state index is 0.0511. The number of piperidine rings is 1. The Morgan fingerprint density at radius 3 is 3.05 bits per heavy atom. The van der Waals surface area contributed by atoms with Crippen molar-refractivity contribution in [3.63, 3.8) is 0 Å². The molecule has 1 aromatic rings. The number of carbonyl (C=O) groups is 1. The van der Waals surface area contributed by atoms with Crippen LogP contribution in [-0.4, -0.2) is 48.5 Å². The number of amides is 1. The molecule has 0 aromatic carbocycles. The molecular formula is C15H26N4OS. The molecule has 0 spiro atoms. The molecule has 21 heavy (non-hydrogen) atoms. The summed E-state index contributed by atoms with van der Waals surface area (Å²) in [6.45, 7) is 7.21. The Balaban J connectivity index is 1.81. The van der Waals surface area contributed by atoms with Crippen LogP contribution in [0.15, 0.2) is 5.38 Å². The highest BCUT2D eigenvalue weighted by atomic mass is 32.1. The average molecular weight is 310 g/mol. The number of nitrogens with one attached hydrogen (secondary N) is 1. The number of thiazole rings is 1. The summed E-state index contributed by atoms with van der Waals surface area (Å²) < 4.78 is 0. The predicted molar refractivity (Wildman–Crippen MR) is 87.8 cm³/mol.